The van der Waals surface area contributed by atoms with E-state index in [1.165, 1.54) is 5.30 Å². The molecule has 0 spiro atoms. The van der Waals surface area contributed by atoms with Crippen molar-refractivity contribution in [3.63, 3.8) is 0 Å². The van der Waals surface area contributed by atoms with Crippen molar-refractivity contribution in [1.29, 1.82) is 0 Å². The topological polar surface area (TPSA) is 26.0 Å². The van der Waals surface area contributed by atoms with Crippen LogP contribution in [0.3, 0.4) is 0 Å². The predicted octanol–water partition coefficient (Wildman–Crippen LogP) is 2.88. The minimum Gasteiger partial charge on any atom is -0.440 e. The maximum Gasteiger partial charge on any atom is 0.198 e. The Balaban J connectivity index is 2.54. The highest BCUT2D eigenvalue weighted by Gasteiger charge is 2.08. The van der Waals surface area contributed by atoms with Gasteiger partial charge in [0.1, 0.15) is 5.52 Å². The SMILES string of the molecule is CPc1ccc2nc(C(C)C)oc2c1. The summed E-state index contributed by atoms with van der Waals surface area (Å²) < 4.78 is 5.67. The lowest BCUT2D eigenvalue weighted by Crippen LogP contribution is -1.90. The molecule has 0 amide bonds. The van der Waals surface area contributed by atoms with Crippen molar-refractivity contribution >= 4 is 25.0 Å². The Morgan fingerprint density at radius 2 is 2.14 bits per heavy atom. The summed E-state index contributed by atoms with van der Waals surface area (Å²) in [5.74, 6) is 1.19. The fourth-order valence-corrected chi connectivity index (χ4v) is 1.87. The molecule has 1 aromatic heterocycles. The van der Waals surface area contributed by atoms with Crippen LogP contribution in [0.15, 0.2) is 22.6 Å². The molecule has 0 aliphatic heterocycles. The largest absolute Gasteiger partial charge is 0.440 e. The van der Waals surface area contributed by atoms with Crippen molar-refractivity contribution in [2.24, 2.45) is 0 Å². The van der Waals surface area contributed by atoms with Gasteiger partial charge in [-0.25, -0.2) is 4.98 Å². The van der Waals surface area contributed by atoms with Gasteiger partial charge in [0, 0.05) is 5.92 Å². The lowest BCUT2D eigenvalue weighted by Gasteiger charge is -1.94. The van der Waals surface area contributed by atoms with Crippen LogP contribution in [0.25, 0.3) is 11.1 Å². The molecule has 0 bridgehead atoms. The van der Waals surface area contributed by atoms with Gasteiger partial charge in [-0.3, -0.25) is 0 Å². The number of nitrogens with zero attached hydrogens (tertiary/aromatic N) is 1. The normalized spacial score (nSPS) is 12.3. The number of benzene rings is 1. The van der Waals surface area contributed by atoms with Crippen LogP contribution in [0.1, 0.15) is 25.7 Å². The van der Waals surface area contributed by atoms with Crippen LogP contribution in [-0.4, -0.2) is 11.6 Å². The summed E-state index contributed by atoms with van der Waals surface area (Å²) in [5.41, 5.74) is 1.89. The van der Waals surface area contributed by atoms with Crippen molar-refractivity contribution < 1.29 is 4.42 Å². The van der Waals surface area contributed by atoms with E-state index in [4.69, 9.17) is 4.42 Å². The smallest absolute Gasteiger partial charge is 0.198 e. The van der Waals surface area contributed by atoms with Gasteiger partial charge < -0.3 is 4.42 Å². The third-order valence-corrected chi connectivity index (χ3v) is 3.08. The van der Waals surface area contributed by atoms with Crippen LogP contribution in [0.5, 0.6) is 0 Å². The van der Waals surface area contributed by atoms with Gasteiger partial charge >= 0.3 is 0 Å². The van der Waals surface area contributed by atoms with E-state index in [-0.39, 0.29) is 0 Å². The van der Waals surface area contributed by atoms with E-state index in [0.29, 0.717) is 5.92 Å². The van der Waals surface area contributed by atoms with Gasteiger partial charge in [-0.1, -0.05) is 28.5 Å². The van der Waals surface area contributed by atoms with E-state index < -0.39 is 0 Å². The molecule has 0 saturated carbocycles. The Hall–Kier alpha value is -0.880. The second-order valence-corrected chi connectivity index (χ2v) is 4.72. The second-order valence-electron chi connectivity index (χ2n) is 3.64. The van der Waals surface area contributed by atoms with Crippen LogP contribution in [0, 0.1) is 0 Å². The molecule has 3 heteroatoms. The highest BCUT2D eigenvalue weighted by atomic mass is 31.1. The fraction of sp³-hybridized carbons (Fsp3) is 0.364. The van der Waals surface area contributed by atoms with Gasteiger partial charge in [-0.2, -0.15) is 0 Å². The summed E-state index contributed by atoms with van der Waals surface area (Å²) >= 11 is 0. The summed E-state index contributed by atoms with van der Waals surface area (Å²) in [5, 5.41) is 1.32. The fourth-order valence-electron chi connectivity index (χ4n) is 1.34. The quantitative estimate of drug-likeness (QED) is 0.708. The average molecular weight is 207 g/mol. The molecule has 1 atom stereocenters. The van der Waals surface area contributed by atoms with Crippen molar-refractivity contribution in [1.82, 2.24) is 4.98 Å². The van der Waals surface area contributed by atoms with Crippen molar-refractivity contribution in [2.75, 3.05) is 6.66 Å². The van der Waals surface area contributed by atoms with Gasteiger partial charge in [-0.15, -0.1) is 0 Å². The first-order valence-corrected chi connectivity index (χ1v) is 6.29. The van der Waals surface area contributed by atoms with E-state index in [1.807, 2.05) is 6.07 Å². The molecule has 0 N–H and O–H groups in total. The molecule has 1 heterocycles. The number of hydrogen-bond acceptors (Lipinski definition) is 2. The molecule has 2 rings (SSSR count). The number of hydrogen-bond donors (Lipinski definition) is 0. The molecular weight excluding hydrogens is 193 g/mol. The first-order chi connectivity index (χ1) is 6.70. The standard InChI is InChI=1S/C11H14NOP/c1-7(2)11-12-9-5-4-8(14-3)6-10(9)13-11/h4-7,14H,1-3H3. The van der Waals surface area contributed by atoms with E-state index in [9.17, 15) is 0 Å². The third-order valence-electron chi connectivity index (χ3n) is 2.19. The lowest BCUT2D eigenvalue weighted by atomic mass is 10.2. The number of oxazole rings is 1. The van der Waals surface area contributed by atoms with Gasteiger partial charge in [0.15, 0.2) is 11.5 Å². The maximum atomic E-state index is 5.67. The molecule has 1 unspecified atom stereocenters. The van der Waals surface area contributed by atoms with Crippen LogP contribution >= 0.6 is 8.58 Å². The Morgan fingerprint density at radius 1 is 1.36 bits per heavy atom. The first kappa shape index (κ1) is 9.67. The summed E-state index contributed by atoms with van der Waals surface area (Å²) in [6.07, 6.45) is 0. The van der Waals surface area contributed by atoms with Gasteiger partial charge in [0.05, 0.1) is 0 Å². The Bertz CT molecular complexity index is 447. The third kappa shape index (κ3) is 1.67. The highest BCUT2D eigenvalue weighted by molar-refractivity contribution is 7.46. The van der Waals surface area contributed by atoms with Gasteiger partial charge in [-0.05, 0) is 24.1 Å². The van der Waals surface area contributed by atoms with Crippen molar-refractivity contribution in [3.8, 4) is 0 Å². The number of aromatic nitrogens is 1. The molecule has 0 aliphatic rings. The molecule has 14 heavy (non-hydrogen) atoms. The molecule has 0 saturated heterocycles. The summed E-state index contributed by atoms with van der Waals surface area (Å²) in [7, 11) is 0.809. The van der Waals surface area contributed by atoms with Crippen LogP contribution < -0.4 is 5.30 Å². The second kappa shape index (κ2) is 3.70. The minimum absolute atomic E-state index is 0.356. The van der Waals surface area contributed by atoms with Gasteiger partial charge in [0.25, 0.3) is 0 Å². The Kier molecular flexibility index (Phi) is 2.56. The van der Waals surface area contributed by atoms with Crippen LogP contribution in [0.4, 0.5) is 0 Å². The summed E-state index contributed by atoms with van der Waals surface area (Å²) in [4.78, 5) is 4.42. The maximum absolute atomic E-state index is 5.67. The highest BCUT2D eigenvalue weighted by Crippen LogP contribution is 2.21. The minimum atomic E-state index is 0.356. The number of fused-ring (bicyclic) bond motifs is 1. The lowest BCUT2D eigenvalue weighted by molar-refractivity contribution is 0.501. The van der Waals surface area contributed by atoms with Crippen LogP contribution in [0.2, 0.25) is 0 Å². The Morgan fingerprint density at radius 3 is 2.79 bits per heavy atom. The molecule has 2 aromatic rings. The van der Waals surface area contributed by atoms with Gasteiger partial charge in [0.2, 0.25) is 0 Å². The van der Waals surface area contributed by atoms with E-state index in [2.05, 4.69) is 37.6 Å². The first-order valence-electron chi connectivity index (χ1n) is 4.79. The molecule has 1 aromatic carbocycles. The van der Waals surface area contributed by atoms with Crippen molar-refractivity contribution in [2.45, 2.75) is 19.8 Å². The molecule has 0 radical (unpaired) electrons. The molecule has 2 nitrogen and oxygen atoms in total. The van der Waals surface area contributed by atoms with E-state index in [1.54, 1.807) is 0 Å². The number of rotatable bonds is 2. The molecular formula is C11H14NOP. The molecule has 0 fully saturated rings. The summed E-state index contributed by atoms with van der Waals surface area (Å²) in [6.45, 7) is 6.35. The molecule has 74 valence electrons. The summed E-state index contributed by atoms with van der Waals surface area (Å²) in [6, 6.07) is 6.25. The van der Waals surface area contributed by atoms with Crippen molar-refractivity contribution in [3.05, 3.63) is 24.1 Å². The Labute approximate surface area is 85.5 Å². The monoisotopic (exact) mass is 207 g/mol. The van der Waals surface area contributed by atoms with E-state index >= 15 is 0 Å². The average Bonchev–Trinajstić information content (AvgIpc) is 2.59. The zero-order chi connectivity index (χ0) is 10.1. The molecule has 0 aliphatic carbocycles. The zero-order valence-corrected chi connectivity index (χ0v) is 9.66. The van der Waals surface area contributed by atoms with E-state index in [0.717, 1.165) is 25.6 Å². The predicted molar refractivity (Wildman–Crippen MR) is 62.0 cm³/mol. The van der Waals surface area contributed by atoms with Crippen LogP contribution in [-0.2, 0) is 0 Å². The zero-order valence-electron chi connectivity index (χ0n) is 8.66.